The van der Waals surface area contributed by atoms with Gasteiger partial charge in [-0.15, -0.1) is 10.2 Å². The summed E-state index contributed by atoms with van der Waals surface area (Å²) in [7, 11) is 0. The van der Waals surface area contributed by atoms with E-state index in [4.69, 9.17) is 5.73 Å². The zero-order valence-corrected chi connectivity index (χ0v) is 10.3. The van der Waals surface area contributed by atoms with E-state index >= 15 is 0 Å². The molecule has 3 rings (SSSR count). The van der Waals surface area contributed by atoms with E-state index in [1.54, 1.807) is 0 Å². The van der Waals surface area contributed by atoms with E-state index in [0.29, 0.717) is 6.04 Å². The number of nitrogens with two attached hydrogens (primary N) is 1. The summed E-state index contributed by atoms with van der Waals surface area (Å²) in [6, 6.07) is 0.340. The molecule has 1 aromatic rings. The van der Waals surface area contributed by atoms with E-state index in [-0.39, 0.29) is 0 Å². The molecule has 0 saturated carbocycles. The normalized spacial score (nSPS) is 25.8. The molecule has 5 nitrogen and oxygen atoms in total. The van der Waals surface area contributed by atoms with Crippen molar-refractivity contribution in [3.05, 3.63) is 11.6 Å². The van der Waals surface area contributed by atoms with Gasteiger partial charge in [0.25, 0.3) is 0 Å². The topological polar surface area (TPSA) is 60.0 Å². The molecule has 1 aromatic heterocycles. The average molecular weight is 235 g/mol. The zero-order valence-electron chi connectivity index (χ0n) is 10.3. The molecule has 1 saturated heterocycles. The minimum atomic E-state index is 0.340. The van der Waals surface area contributed by atoms with Crippen LogP contribution < -0.4 is 5.73 Å². The number of hydrogen-bond acceptors (Lipinski definition) is 4. The Balaban J connectivity index is 1.70. The Morgan fingerprint density at radius 3 is 3.00 bits per heavy atom. The molecule has 3 heterocycles. The summed E-state index contributed by atoms with van der Waals surface area (Å²) in [5.74, 6) is 2.31. The maximum absolute atomic E-state index is 6.01. The van der Waals surface area contributed by atoms with Crippen LogP contribution in [0.25, 0.3) is 0 Å². The number of fused-ring (bicyclic) bond motifs is 1. The zero-order chi connectivity index (χ0) is 11.7. The Morgan fingerprint density at radius 1 is 1.18 bits per heavy atom. The van der Waals surface area contributed by atoms with E-state index in [1.807, 2.05) is 0 Å². The first kappa shape index (κ1) is 11.2. The largest absolute Gasteiger partial charge is 0.327 e. The summed E-state index contributed by atoms with van der Waals surface area (Å²) < 4.78 is 2.31. The van der Waals surface area contributed by atoms with Crippen LogP contribution in [0.3, 0.4) is 0 Å². The molecule has 2 aliphatic rings. The summed E-state index contributed by atoms with van der Waals surface area (Å²) in [5, 5.41) is 8.64. The van der Waals surface area contributed by atoms with Crippen molar-refractivity contribution >= 4 is 0 Å². The standard InChI is InChI=1S/C12H21N5/c13-10-4-3-6-16(8-10)9-12-15-14-11-5-1-2-7-17(11)12/h10H,1-9,13H2/t10-/m1/s1. The molecule has 0 aliphatic carbocycles. The lowest BCUT2D eigenvalue weighted by Crippen LogP contribution is -2.42. The average Bonchev–Trinajstić information content (AvgIpc) is 2.73. The minimum Gasteiger partial charge on any atom is -0.327 e. The molecule has 1 fully saturated rings. The second-order valence-electron chi connectivity index (χ2n) is 5.28. The van der Waals surface area contributed by atoms with Crippen LogP contribution in [0.1, 0.15) is 37.3 Å². The maximum atomic E-state index is 6.01. The minimum absolute atomic E-state index is 0.340. The fourth-order valence-electron chi connectivity index (χ4n) is 2.92. The van der Waals surface area contributed by atoms with Crippen LogP contribution in [0.5, 0.6) is 0 Å². The van der Waals surface area contributed by atoms with Gasteiger partial charge in [-0.05, 0) is 32.2 Å². The molecule has 94 valence electrons. The van der Waals surface area contributed by atoms with Crippen LogP contribution in [-0.4, -0.2) is 38.8 Å². The highest BCUT2D eigenvalue weighted by molar-refractivity contribution is 4.99. The van der Waals surface area contributed by atoms with Crippen molar-refractivity contribution in [3.8, 4) is 0 Å². The second kappa shape index (κ2) is 4.74. The Labute approximate surface area is 102 Å². The molecular weight excluding hydrogens is 214 g/mol. The van der Waals surface area contributed by atoms with Gasteiger partial charge in [0, 0.05) is 25.6 Å². The Hall–Kier alpha value is -0.940. The molecule has 1 atom stereocenters. The van der Waals surface area contributed by atoms with Gasteiger partial charge >= 0.3 is 0 Å². The fourth-order valence-corrected chi connectivity index (χ4v) is 2.92. The van der Waals surface area contributed by atoms with Crippen molar-refractivity contribution in [2.75, 3.05) is 13.1 Å². The Bertz CT molecular complexity index is 386. The van der Waals surface area contributed by atoms with Gasteiger partial charge < -0.3 is 10.3 Å². The lowest BCUT2D eigenvalue weighted by Gasteiger charge is -2.30. The molecule has 17 heavy (non-hydrogen) atoms. The van der Waals surface area contributed by atoms with Gasteiger partial charge in [-0.2, -0.15) is 0 Å². The number of nitrogens with zero attached hydrogens (tertiary/aromatic N) is 4. The highest BCUT2D eigenvalue weighted by Crippen LogP contribution is 2.17. The summed E-state index contributed by atoms with van der Waals surface area (Å²) in [6.45, 7) is 4.16. The van der Waals surface area contributed by atoms with Crippen molar-refractivity contribution < 1.29 is 0 Å². The van der Waals surface area contributed by atoms with Crippen LogP contribution in [-0.2, 0) is 19.5 Å². The summed E-state index contributed by atoms with van der Waals surface area (Å²) in [6.07, 6.45) is 5.98. The Morgan fingerprint density at radius 2 is 2.12 bits per heavy atom. The molecule has 0 unspecified atom stereocenters. The summed E-state index contributed by atoms with van der Waals surface area (Å²) in [5.41, 5.74) is 6.01. The second-order valence-corrected chi connectivity index (χ2v) is 5.28. The molecular formula is C12H21N5. The number of piperidine rings is 1. The van der Waals surface area contributed by atoms with E-state index < -0.39 is 0 Å². The van der Waals surface area contributed by atoms with Gasteiger partial charge in [0.2, 0.25) is 0 Å². The van der Waals surface area contributed by atoms with Gasteiger partial charge in [0.15, 0.2) is 0 Å². The third-order valence-corrected chi connectivity index (χ3v) is 3.84. The third kappa shape index (κ3) is 2.35. The first-order valence-electron chi connectivity index (χ1n) is 6.72. The van der Waals surface area contributed by atoms with Crippen molar-refractivity contribution in [1.29, 1.82) is 0 Å². The van der Waals surface area contributed by atoms with Gasteiger partial charge in [0.1, 0.15) is 11.6 Å². The number of hydrogen-bond donors (Lipinski definition) is 1. The predicted molar refractivity (Wildman–Crippen MR) is 65.4 cm³/mol. The predicted octanol–water partition coefficient (Wildman–Crippen LogP) is 0.537. The summed E-state index contributed by atoms with van der Waals surface area (Å²) in [4.78, 5) is 2.42. The number of likely N-dealkylation sites (tertiary alicyclic amines) is 1. The Kier molecular flexibility index (Phi) is 3.11. The third-order valence-electron chi connectivity index (χ3n) is 3.84. The molecule has 0 amide bonds. The van der Waals surface area contributed by atoms with Gasteiger partial charge in [-0.3, -0.25) is 4.90 Å². The molecule has 0 spiro atoms. The maximum Gasteiger partial charge on any atom is 0.147 e. The lowest BCUT2D eigenvalue weighted by molar-refractivity contribution is 0.194. The van der Waals surface area contributed by atoms with E-state index in [0.717, 1.165) is 44.8 Å². The van der Waals surface area contributed by atoms with Gasteiger partial charge in [-0.1, -0.05) is 0 Å². The highest BCUT2D eigenvalue weighted by atomic mass is 15.3. The van der Waals surface area contributed by atoms with E-state index in [1.165, 1.54) is 25.1 Å². The van der Waals surface area contributed by atoms with Crippen LogP contribution in [0.15, 0.2) is 0 Å². The molecule has 5 heteroatoms. The smallest absolute Gasteiger partial charge is 0.147 e. The number of rotatable bonds is 2. The van der Waals surface area contributed by atoms with Crippen molar-refractivity contribution in [1.82, 2.24) is 19.7 Å². The quantitative estimate of drug-likeness (QED) is 0.812. The SMILES string of the molecule is N[C@@H]1CCCN(Cc2nnc3n2CCCC3)C1. The molecule has 0 aromatic carbocycles. The van der Waals surface area contributed by atoms with Gasteiger partial charge in [-0.25, -0.2) is 0 Å². The number of aryl methyl sites for hydroxylation is 1. The van der Waals surface area contributed by atoms with E-state index in [9.17, 15) is 0 Å². The van der Waals surface area contributed by atoms with Crippen molar-refractivity contribution in [2.45, 2.75) is 51.2 Å². The van der Waals surface area contributed by atoms with E-state index in [2.05, 4.69) is 19.7 Å². The first-order chi connectivity index (χ1) is 8.33. The van der Waals surface area contributed by atoms with Crippen molar-refractivity contribution in [2.24, 2.45) is 5.73 Å². The first-order valence-corrected chi connectivity index (χ1v) is 6.72. The lowest BCUT2D eigenvalue weighted by atomic mass is 10.1. The highest BCUT2D eigenvalue weighted by Gasteiger charge is 2.21. The van der Waals surface area contributed by atoms with Crippen LogP contribution in [0, 0.1) is 0 Å². The molecule has 2 aliphatic heterocycles. The molecule has 0 radical (unpaired) electrons. The van der Waals surface area contributed by atoms with Gasteiger partial charge in [0.05, 0.1) is 6.54 Å². The summed E-state index contributed by atoms with van der Waals surface area (Å²) >= 11 is 0. The van der Waals surface area contributed by atoms with Crippen molar-refractivity contribution in [3.63, 3.8) is 0 Å². The fraction of sp³-hybridized carbons (Fsp3) is 0.833. The van der Waals surface area contributed by atoms with Crippen LogP contribution in [0.4, 0.5) is 0 Å². The molecule has 2 N–H and O–H groups in total. The number of aromatic nitrogens is 3. The van der Waals surface area contributed by atoms with Crippen LogP contribution >= 0.6 is 0 Å². The monoisotopic (exact) mass is 235 g/mol. The molecule has 0 bridgehead atoms. The van der Waals surface area contributed by atoms with Crippen LogP contribution in [0.2, 0.25) is 0 Å².